The Kier molecular flexibility index (Phi) is 6.00. The fourth-order valence-electron chi connectivity index (χ4n) is 3.89. The summed E-state index contributed by atoms with van der Waals surface area (Å²) in [5, 5.41) is 5.51. The first-order chi connectivity index (χ1) is 16.3. The van der Waals surface area contributed by atoms with Crippen molar-refractivity contribution < 1.29 is 18.0 Å². The second kappa shape index (κ2) is 8.97. The number of piperazine rings is 1. The van der Waals surface area contributed by atoms with E-state index < -0.39 is 17.8 Å². The second-order valence-corrected chi connectivity index (χ2v) is 9.15. The molecule has 0 aromatic carbocycles. The van der Waals surface area contributed by atoms with Crippen molar-refractivity contribution in [3.8, 4) is 10.6 Å². The van der Waals surface area contributed by atoms with Gasteiger partial charge in [-0.3, -0.25) is 14.7 Å². The van der Waals surface area contributed by atoms with Crippen LogP contribution in [0.3, 0.4) is 0 Å². The number of carbonyl (C=O) groups is 1. The van der Waals surface area contributed by atoms with E-state index in [0.29, 0.717) is 42.1 Å². The van der Waals surface area contributed by atoms with Gasteiger partial charge in [-0.05, 0) is 29.1 Å². The Morgan fingerprint density at radius 1 is 1.15 bits per heavy atom. The first kappa shape index (κ1) is 22.8. The zero-order valence-electron chi connectivity index (χ0n) is 17.7. The summed E-state index contributed by atoms with van der Waals surface area (Å²) in [6, 6.07) is 8.17. The van der Waals surface area contributed by atoms with Gasteiger partial charge in [0, 0.05) is 45.1 Å². The number of halogens is 4. The molecule has 0 spiro atoms. The Bertz CT molecular complexity index is 1320. The van der Waals surface area contributed by atoms with Crippen LogP contribution in [0.1, 0.15) is 21.7 Å². The van der Waals surface area contributed by atoms with Gasteiger partial charge in [-0.2, -0.15) is 18.3 Å². The van der Waals surface area contributed by atoms with Crippen molar-refractivity contribution in [3.63, 3.8) is 0 Å². The summed E-state index contributed by atoms with van der Waals surface area (Å²) in [4.78, 5) is 25.9. The standard InChI is InChI=1S/C22H18ClF3N6OS/c23-18-19(21(33)31-8-6-30(7-9-31)13-14-3-1-5-27-12-14)29-32-17(22(24,25)26)11-15(28-20(18)32)16-4-2-10-34-16/h1-5,10-12H,6-9,13H2. The molecule has 4 aromatic heterocycles. The van der Waals surface area contributed by atoms with Gasteiger partial charge >= 0.3 is 6.18 Å². The lowest BCUT2D eigenvalue weighted by atomic mass is 10.2. The van der Waals surface area contributed by atoms with Crippen molar-refractivity contribution in [1.82, 2.24) is 29.4 Å². The highest BCUT2D eigenvalue weighted by Gasteiger charge is 2.37. The molecule has 0 saturated carbocycles. The van der Waals surface area contributed by atoms with Gasteiger partial charge < -0.3 is 4.90 Å². The van der Waals surface area contributed by atoms with Crippen molar-refractivity contribution in [2.45, 2.75) is 12.7 Å². The molecule has 12 heteroatoms. The molecule has 5 rings (SSSR count). The summed E-state index contributed by atoms with van der Waals surface area (Å²) in [5.74, 6) is -0.512. The van der Waals surface area contributed by atoms with Crippen LogP contribution in [0.4, 0.5) is 13.2 Å². The highest BCUT2D eigenvalue weighted by molar-refractivity contribution is 7.13. The molecule has 1 aliphatic heterocycles. The van der Waals surface area contributed by atoms with Crippen LogP contribution in [0.5, 0.6) is 0 Å². The van der Waals surface area contributed by atoms with Gasteiger partial charge in [-0.1, -0.05) is 23.7 Å². The lowest BCUT2D eigenvalue weighted by molar-refractivity contribution is -0.142. The largest absolute Gasteiger partial charge is 0.433 e. The van der Waals surface area contributed by atoms with E-state index in [2.05, 4.69) is 20.0 Å². The van der Waals surface area contributed by atoms with Crippen molar-refractivity contribution >= 4 is 34.5 Å². The van der Waals surface area contributed by atoms with Crippen LogP contribution in [-0.4, -0.2) is 61.5 Å². The van der Waals surface area contributed by atoms with E-state index >= 15 is 0 Å². The molecule has 0 N–H and O–H groups in total. The number of aromatic nitrogens is 4. The highest BCUT2D eigenvalue weighted by atomic mass is 35.5. The van der Waals surface area contributed by atoms with E-state index in [9.17, 15) is 18.0 Å². The minimum Gasteiger partial charge on any atom is -0.335 e. The van der Waals surface area contributed by atoms with Gasteiger partial charge in [-0.15, -0.1) is 11.3 Å². The Morgan fingerprint density at radius 2 is 1.94 bits per heavy atom. The lowest BCUT2D eigenvalue weighted by Crippen LogP contribution is -2.48. The zero-order chi connectivity index (χ0) is 23.9. The number of amides is 1. The summed E-state index contributed by atoms with van der Waals surface area (Å²) in [6.45, 7) is 2.74. The summed E-state index contributed by atoms with van der Waals surface area (Å²) in [7, 11) is 0. The van der Waals surface area contributed by atoms with E-state index in [0.717, 1.165) is 11.6 Å². The average Bonchev–Trinajstić information content (AvgIpc) is 3.47. The number of carbonyl (C=O) groups excluding carboxylic acids is 1. The van der Waals surface area contributed by atoms with Gasteiger partial charge in [-0.25, -0.2) is 9.50 Å². The van der Waals surface area contributed by atoms with Crippen LogP contribution in [-0.2, 0) is 12.7 Å². The quantitative estimate of drug-likeness (QED) is 0.408. The molecule has 0 aliphatic carbocycles. The molecular weight excluding hydrogens is 489 g/mol. The van der Waals surface area contributed by atoms with Crippen LogP contribution in [0, 0.1) is 0 Å². The Balaban J connectivity index is 1.41. The van der Waals surface area contributed by atoms with Crippen molar-refractivity contribution in [2.75, 3.05) is 26.2 Å². The van der Waals surface area contributed by atoms with Gasteiger partial charge in [0.05, 0.1) is 10.6 Å². The molecule has 0 unspecified atom stereocenters. The number of thiophene rings is 1. The smallest absolute Gasteiger partial charge is 0.335 e. The first-order valence-corrected chi connectivity index (χ1v) is 11.7. The van der Waals surface area contributed by atoms with Crippen molar-refractivity contribution in [1.29, 1.82) is 0 Å². The maximum absolute atomic E-state index is 13.8. The van der Waals surface area contributed by atoms with Crippen molar-refractivity contribution in [3.05, 3.63) is 70.1 Å². The predicted molar refractivity (Wildman–Crippen MR) is 122 cm³/mol. The maximum atomic E-state index is 13.8. The van der Waals surface area contributed by atoms with Gasteiger partial charge in [0.2, 0.25) is 0 Å². The van der Waals surface area contributed by atoms with Crippen LogP contribution < -0.4 is 0 Å². The van der Waals surface area contributed by atoms with Crippen LogP contribution in [0.2, 0.25) is 5.02 Å². The molecule has 7 nitrogen and oxygen atoms in total. The number of alkyl halides is 3. The van der Waals surface area contributed by atoms with E-state index in [1.54, 1.807) is 34.8 Å². The number of hydrogen-bond donors (Lipinski definition) is 0. The predicted octanol–water partition coefficient (Wildman–Crippen LogP) is 4.48. The molecule has 1 aliphatic rings. The number of fused-ring (bicyclic) bond motifs is 1. The average molecular weight is 507 g/mol. The van der Waals surface area contributed by atoms with E-state index in [4.69, 9.17) is 11.6 Å². The molecule has 1 fully saturated rings. The zero-order valence-corrected chi connectivity index (χ0v) is 19.2. The van der Waals surface area contributed by atoms with Crippen LogP contribution in [0.25, 0.3) is 16.2 Å². The minimum atomic E-state index is -4.71. The van der Waals surface area contributed by atoms with Gasteiger partial charge in [0.1, 0.15) is 5.02 Å². The highest BCUT2D eigenvalue weighted by Crippen LogP contribution is 2.35. The summed E-state index contributed by atoms with van der Waals surface area (Å²) in [6.07, 6.45) is -1.20. The van der Waals surface area contributed by atoms with E-state index in [1.165, 1.54) is 11.3 Å². The third-order valence-electron chi connectivity index (χ3n) is 5.59. The molecule has 176 valence electrons. The molecule has 0 atom stereocenters. The summed E-state index contributed by atoms with van der Waals surface area (Å²) in [5.41, 5.74) is -0.275. The minimum absolute atomic E-state index is 0.125. The molecule has 0 radical (unpaired) electrons. The second-order valence-electron chi connectivity index (χ2n) is 7.83. The fraction of sp³-hybridized carbons (Fsp3) is 0.273. The summed E-state index contributed by atoms with van der Waals surface area (Å²) < 4.78 is 42.1. The van der Waals surface area contributed by atoms with Crippen LogP contribution >= 0.6 is 22.9 Å². The monoisotopic (exact) mass is 506 g/mol. The van der Waals surface area contributed by atoms with Crippen molar-refractivity contribution in [2.24, 2.45) is 0 Å². The number of rotatable bonds is 4. The molecule has 1 amide bonds. The molecular formula is C22H18ClF3N6OS. The molecule has 1 saturated heterocycles. The molecule has 0 bridgehead atoms. The number of hydrogen-bond acceptors (Lipinski definition) is 6. The fourth-order valence-corrected chi connectivity index (χ4v) is 4.82. The van der Waals surface area contributed by atoms with Gasteiger partial charge in [0.25, 0.3) is 5.91 Å². The normalized spacial score (nSPS) is 15.2. The van der Waals surface area contributed by atoms with E-state index in [-0.39, 0.29) is 22.1 Å². The van der Waals surface area contributed by atoms with E-state index in [1.807, 2.05) is 12.1 Å². The first-order valence-electron chi connectivity index (χ1n) is 10.4. The maximum Gasteiger partial charge on any atom is 0.433 e. The number of nitrogens with zero attached hydrogens (tertiary/aromatic N) is 6. The van der Waals surface area contributed by atoms with Crippen LogP contribution in [0.15, 0.2) is 48.1 Å². The molecule has 34 heavy (non-hydrogen) atoms. The molecule has 4 aromatic rings. The number of pyridine rings is 1. The Morgan fingerprint density at radius 3 is 2.59 bits per heavy atom. The molecule has 5 heterocycles. The van der Waals surface area contributed by atoms with Gasteiger partial charge in [0.15, 0.2) is 17.0 Å². The SMILES string of the molecule is O=C(c1nn2c(C(F)(F)F)cc(-c3cccs3)nc2c1Cl)N1CCN(Cc2cccnc2)CC1. The third-order valence-corrected chi connectivity index (χ3v) is 6.83. The summed E-state index contributed by atoms with van der Waals surface area (Å²) >= 11 is 7.65. The third kappa shape index (κ3) is 4.38. The lowest BCUT2D eigenvalue weighted by Gasteiger charge is -2.34. The topological polar surface area (TPSA) is 66.6 Å². The Hall–Kier alpha value is -3.02. The Labute approximate surface area is 201 Å².